The van der Waals surface area contributed by atoms with Crippen LogP contribution in [0, 0.1) is 0 Å². The Hall–Kier alpha value is 2.06. The standard InChI is InChI=1S/2Hf.H3O9P3/c;;1-10(8-11(2,3)4)9-12(5,6)7/h;;(H3-,2,3,4,5,6,7)/p+1. The molecule has 0 aliphatic carbocycles. The van der Waals surface area contributed by atoms with E-state index in [1.807, 2.05) is 0 Å². The third kappa shape index (κ3) is 16.5. The molecule has 0 saturated heterocycles. The molecule has 0 aliphatic rings. The summed E-state index contributed by atoms with van der Waals surface area (Å²) in [4.78, 5) is 31.8. The molecule has 9 nitrogen and oxygen atoms in total. The third-order valence-corrected chi connectivity index (χ3v) is 3.11. The fourth-order valence-corrected chi connectivity index (χ4v) is 1.97. The van der Waals surface area contributed by atoms with Gasteiger partial charge in [0, 0.05) is 56.3 Å². The molecule has 4 N–H and O–H groups in total. The molecule has 0 aliphatic heterocycles. The summed E-state index contributed by atoms with van der Waals surface area (Å²) in [5.41, 5.74) is 0. The molecule has 0 amide bonds. The fraction of sp³-hybridized carbons (Fsp3) is 0. The van der Waals surface area contributed by atoms with Gasteiger partial charge in [-0.25, -0.2) is 9.13 Å². The number of hydrogen-bond acceptors (Lipinski definition) is 5. The molecule has 0 radical (unpaired) electrons. The topological polar surface area (TPSA) is 151 Å². The Balaban J connectivity index is -0.000000605. The van der Waals surface area contributed by atoms with Crippen molar-refractivity contribution in [1.29, 1.82) is 0 Å². The maximum atomic E-state index is 10.2. The zero-order valence-electron chi connectivity index (χ0n) is 6.17. The molecule has 0 rings (SSSR count). The number of rotatable bonds is 4. The van der Waals surface area contributed by atoms with E-state index in [0.717, 1.165) is 0 Å². The molecule has 0 aromatic carbocycles. The van der Waals surface area contributed by atoms with E-state index >= 15 is 0 Å². The average Bonchev–Trinajstić information content (AvgIpc) is 1.49. The molecule has 0 unspecified atom stereocenters. The van der Waals surface area contributed by atoms with Gasteiger partial charge in [0.1, 0.15) is 0 Å². The first-order valence-electron chi connectivity index (χ1n) is 2.08. The van der Waals surface area contributed by atoms with E-state index in [1.165, 1.54) is 0 Å². The normalized spacial score (nSPS) is 11.1. The second kappa shape index (κ2) is 8.20. The molecule has 0 aromatic heterocycles. The third-order valence-electron chi connectivity index (χ3n) is 0.346. The van der Waals surface area contributed by atoms with Gasteiger partial charge in [-0.15, -0.1) is 0 Å². The monoisotopic (exact) mass is 601 g/mol. The van der Waals surface area contributed by atoms with Crippen LogP contribution in [0.25, 0.3) is 0 Å². The summed E-state index contributed by atoms with van der Waals surface area (Å²) < 4.78 is 36.5. The van der Waals surface area contributed by atoms with E-state index < -0.39 is 23.9 Å². The van der Waals surface area contributed by atoms with Crippen LogP contribution < -0.4 is 0 Å². The Morgan fingerprint density at radius 1 is 0.857 bits per heavy atom. The van der Waals surface area contributed by atoms with E-state index in [9.17, 15) is 13.7 Å². The molecule has 0 atom stereocenters. The second-order valence-corrected chi connectivity index (χ2v) is 5.08. The van der Waals surface area contributed by atoms with Gasteiger partial charge in [-0.2, -0.15) is 0 Å². The van der Waals surface area contributed by atoms with Crippen molar-refractivity contribution in [2.24, 2.45) is 0 Å². The van der Waals surface area contributed by atoms with Crippen molar-refractivity contribution < 1.29 is 93.6 Å². The van der Waals surface area contributed by atoms with Gasteiger partial charge < -0.3 is 19.6 Å². The Labute approximate surface area is 117 Å². The molecule has 0 fully saturated rings. The van der Waals surface area contributed by atoms with Gasteiger partial charge in [-0.1, -0.05) is 0 Å². The first kappa shape index (κ1) is 21.4. The summed E-state index contributed by atoms with van der Waals surface area (Å²) >= 11 is 0. The van der Waals surface area contributed by atoms with Crippen molar-refractivity contribution in [2.45, 2.75) is 0 Å². The van der Waals surface area contributed by atoms with E-state index in [1.54, 1.807) is 0 Å². The molecule has 14 heavy (non-hydrogen) atoms. The van der Waals surface area contributed by atoms with Crippen LogP contribution in [0.2, 0.25) is 0 Å². The first-order valence-corrected chi connectivity index (χ1v) is 6.23. The zero-order valence-corrected chi connectivity index (χ0v) is 16.0. The van der Waals surface area contributed by atoms with Gasteiger partial charge >= 0.3 is 23.9 Å². The molecular formula is H4Hf2O9P3+. The maximum absolute atomic E-state index is 10.2. The minimum atomic E-state index is -5.06. The molecule has 0 aromatic rings. The molecule has 14 heteroatoms. The minimum absolute atomic E-state index is 0. The van der Waals surface area contributed by atoms with Crippen LogP contribution in [-0.2, 0) is 74.0 Å². The summed E-state index contributed by atoms with van der Waals surface area (Å²) in [6, 6.07) is 0. The average molecular weight is 598 g/mol. The largest absolute Gasteiger partial charge is 0.719 e. The molecule has 0 bridgehead atoms. The van der Waals surface area contributed by atoms with E-state index in [4.69, 9.17) is 19.6 Å². The van der Waals surface area contributed by atoms with Crippen LogP contribution in [0.3, 0.4) is 0 Å². The molecule has 0 heterocycles. The predicted molar refractivity (Wildman–Crippen MR) is 33.9 cm³/mol. The minimum Gasteiger partial charge on any atom is -0.300 e. The van der Waals surface area contributed by atoms with Crippen molar-refractivity contribution in [1.82, 2.24) is 0 Å². The van der Waals surface area contributed by atoms with Crippen molar-refractivity contribution >= 4 is 23.9 Å². The van der Waals surface area contributed by atoms with Crippen molar-refractivity contribution in [2.75, 3.05) is 0 Å². The van der Waals surface area contributed by atoms with Gasteiger partial charge in [0.05, 0.1) is 0 Å². The van der Waals surface area contributed by atoms with Crippen molar-refractivity contribution in [3.05, 3.63) is 0 Å². The van der Waals surface area contributed by atoms with Gasteiger partial charge in [0.2, 0.25) is 0 Å². The Morgan fingerprint density at radius 3 is 1.21 bits per heavy atom. The first-order chi connectivity index (χ1) is 5.10. The second-order valence-electron chi connectivity index (χ2n) is 1.37. The van der Waals surface area contributed by atoms with Crippen LogP contribution in [0.5, 0.6) is 0 Å². The fourth-order valence-electron chi connectivity index (χ4n) is 0.189. The van der Waals surface area contributed by atoms with Gasteiger partial charge in [-0.3, -0.25) is 0 Å². The summed E-state index contributed by atoms with van der Waals surface area (Å²) in [5.74, 6) is 0. The Kier molecular flexibility index (Phi) is 12.5. The van der Waals surface area contributed by atoms with Crippen LogP contribution in [0.15, 0.2) is 0 Å². The van der Waals surface area contributed by atoms with Gasteiger partial charge in [0.15, 0.2) is 0 Å². The Morgan fingerprint density at radius 2 is 1.07 bits per heavy atom. The van der Waals surface area contributed by atoms with Gasteiger partial charge in [0.25, 0.3) is 0 Å². The molecule has 0 spiro atoms. The maximum Gasteiger partial charge on any atom is 0.719 e. The van der Waals surface area contributed by atoms with Crippen molar-refractivity contribution in [3.8, 4) is 0 Å². The molecule has 80 valence electrons. The molecule has 0 saturated carbocycles. The summed E-state index contributed by atoms with van der Waals surface area (Å²) in [6.45, 7) is 0. The quantitative estimate of drug-likeness (QED) is 0.256. The van der Waals surface area contributed by atoms with Crippen LogP contribution in [0.4, 0.5) is 0 Å². The van der Waals surface area contributed by atoms with Gasteiger partial charge in [-0.05, 0) is 8.62 Å². The summed E-state index contributed by atoms with van der Waals surface area (Å²) in [6.07, 6.45) is 0. The molecular weight excluding hydrogens is 594 g/mol. The van der Waals surface area contributed by atoms with Crippen LogP contribution in [-0.4, -0.2) is 19.6 Å². The Bertz CT molecular complexity index is 233. The van der Waals surface area contributed by atoms with Crippen LogP contribution >= 0.6 is 23.9 Å². The van der Waals surface area contributed by atoms with E-state index in [-0.39, 0.29) is 51.7 Å². The van der Waals surface area contributed by atoms with Crippen molar-refractivity contribution in [3.63, 3.8) is 0 Å². The summed E-state index contributed by atoms with van der Waals surface area (Å²) in [7, 11) is -13.7. The summed E-state index contributed by atoms with van der Waals surface area (Å²) in [5, 5.41) is 0. The van der Waals surface area contributed by atoms with E-state index in [0.29, 0.717) is 0 Å². The van der Waals surface area contributed by atoms with E-state index in [2.05, 4.69) is 8.62 Å². The van der Waals surface area contributed by atoms with Crippen LogP contribution in [0.1, 0.15) is 0 Å². The number of phosphoric acid groups is 2. The zero-order chi connectivity index (χ0) is 9.99. The number of hydrogen-bond donors (Lipinski definition) is 4. The predicted octanol–water partition coefficient (Wildman–Crippen LogP) is -0.143. The SMILES string of the molecule is O=[P+](OP(=O)(O)O)OP(=O)(O)O.[Hf].[Hf]. The smallest absolute Gasteiger partial charge is 0.300 e.